The molecule has 1 aromatic carbocycles. The van der Waals surface area contributed by atoms with Crippen molar-refractivity contribution in [3.05, 3.63) is 35.4 Å². The smallest absolute Gasteiger partial charge is 0.0474 e. The van der Waals surface area contributed by atoms with Gasteiger partial charge in [-0.3, -0.25) is 0 Å². The number of nitrogens with one attached hydrogen (secondary N) is 1. The Hall–Kier alpha value is -0.860. The third kappa shape index (κ3) is 3.30. The van der Waals surface area contributed by atoms with Gasteiger partial charge in [-0.15, -0.1) is 0 Å². The van der Waals surface area contributed by atoms with Gasteiger partial charge in [0.15, 0.2) is 0 Å². The molecule has 0 aliphatic carbocycles. The molecule has 2 nitrogen and oxygen atoms in total. The highest BCUT2D eigenvalue weighted by Gasteiger charge is 2.25. The third-order valence-corrected chi connectivity index (χ3v) is 3.90. The topological polar surface area (TPSA) is 38.0 Å². The van der Waals surface area contributed by atoms with E-state index in [9.17, 15) is 0 Å². The molecule has 96 valence electrons. The van der Waals surface area contributed by atoms with Crippen LogP contribution in [0, 0.1) is 0 Å². The summed E-state index contributed by atoms with van der Waals surface area (Å²) in [7, 11) is 1.95. The van der Waals surface area contributed by atoms with Crippen LogP contribution in [0.15, 0.2) is 24.3 Å². The Morgan fingerprint density at radius 3 is 2.06 bits per heavy atom. The van der Waals surface area contributed by atoms with Gasteiger partial charge in [0.05, 0.1) is 0 Å². The fourth-order valence-corrected chi connectivity index (χ4v) is 1.84. The van der Waals surface area contributed by atoms with E-state index in [1.807, 2.05) is 7.05 Å². The van der Waals surface area contributed by atoms with Gasteiger partial charge >= 0.3 is 0 Å². The Balaban J connectivity index is 2.88. The first-order valence-corrected chi connectivity index (χ1v) is 6.46. The van der Waals surface area contributed by atoms with Gasteiger partial charge in [-0.2, -0.15) is 0 Å². The van der Waals surface area contributed by atoms with Crippen LogP contribution in [0.5, 0.6) is 0 Å². The quantitative estimate of drug-likeness (QED) is 0.821. The zero-order valence-electron chi connectivity index (χ0n) is 11.7. The minimum atomic E-state index is -0.0854. The van der Waals surface area contributed by atoms with Gasteiger partial charge in [-0.1, -0.05) is 38.1 Å². The lowest BCUT2D eigenvalue weighted by molar-refractivity contribution is 0.348. The first-order valence-electron chi connectivity index (χ1n) is 6.46. The summed E-state index contributed by atoms with van der Waals surface area (Å²) in [5, 5.41) is 3.26. The summed E-state index contributed by atoms with van der Waals surface area (Å²) in [6.45, 7) is 8.72. The summed E-state index contributed by atoms with van der Waals surface area (Å²) in [6, 6.07) is 8.74. The van der Waals surface area contributed by atoms with Crippen molar-refractivity contribution in [1.29, 1.82) is 0 Å². The lowest BCUT2D eigenvalue weighted by Crippen LogP contribution is -2.46. The second kappa shape index (κ2) is 5.65. The van der Waals surface area contributed by atoms with Crippen LogP contribution in [0.4, 0.5) is 0 Å². The molecule has 0 spiro atoms. The number of hydrogen-bond donors (Lipinski definition) is 2. The van der Waals surface area contributed by atoms with Crippen molar-refractivity contribution in [3.63, 3.8) is 0 Å². The number of hydrogen-bond acceptors (Lipinski definition) is 2. The van der Waals surface area contributed by atoms with E-state index in [0.717, 1.165) is 0 Å². The summed E-state index contributed by atoms with van der Waals surface area (Å²) in [5.74, 6) is 0.623. The van der Waals surface area contributed by atoms with E-state index < -0.39 is 0 Å². The molecule has 1 rings (SSSR count). The second-order valence-electron chi connectivity index (χ2n) is 5.43. The number of likely N-dealkylation sites (N-methyl/N-ethyl adjacent to an activating group) is 1. The van der Waals surface area contributed by atoms with Gasteiger partial charge in [0.1, 0.15) is 0 Å². The molecule has 0 saturated carbocycles. The highest BCUT2D eigenvalue weighted by atomic mass is 15.0. The Kier molecular flexibility index (Phi) is 4.72. The largest absolute Gasteiger partial charge is 0.322 e. The maximum Gasteiger partial charge on any atom is 0.0474 e. The predicted octanol–water partition coefficient (Wildman–Crippen LogP) is 3.20. The summed E-state index contributed by atoms with van der Waals surface area (Å²) < 4.78 is 0. The average Bonchev–Trinajstić information content (AvgIpc) is 2.37. The molecule has 3 N–H and O–H groups in total. The molecule has 0 radical (unpaired) electrons. The van der Waals surface area contributed by atoms with Crippen LogP contribution < -0.4 is 11.1 Å². The van der Waals surface area contributed by atoms with Crippen LogP contribution in [-0.2, 0) is 0 Å². The van der Waals surface area contributed by atoms with Gasteiger partial charge in [0.25, 0.3) is 0 Å². The van der Waals surface area contributed by atoms with Crippen LogP contribution in [0.1, 0.15) is 57.2 Å². The van der Waals surface area contributed by atoms with Crippen LogP contribution in [0.3, 0.4) is 0 Å². The normalized spacial score (nSPS) is 15.6. The molecular formula is C15H26N2. The van der Waals surface area contributed by atoms with Crippen molar-refractivity contribution < 1.29 is 0 Å². The maximum atomic E-state index is 6.28. The summed E-state index contributed by atoms with van der Waals surface area (Å²) in [5.41, 5.74) is 8.78. The van der Waals surface area contributed by atoms with E-state index in [-0.39, 0.29) is 11.6 Å². The molecule has 0 fully saturated rings. The number of rotatable bonds is 5. The highest BCUT2D eigenvalue weighted by molar-refractivity contribution is 5.28. The van der Waals surface area contributed by atoms with E-state index in [4.69, 9.17) is 5.73 Å². The summed E-state index contributed by atoms with van der Waals surface area (Å²) in [4.78, 5) is 0. The first-order chi connectivity index (χ1) is 7.92. The summed E-state index contributed by atoms with van der Waals surface area (Å²) in [6.07, 6.45) is 1.17. The molecule has 2 atom stereocenters. The lowest BCUT2D eigenvalue weighted by atomic mass is 9.88. The Bertz CT molecular complexity index is 340. The van der Waals surface area contributed by atoms with Crippen LogP contribution in [-0.4, -0.2) is 12.6 Å². The number of nitrogens with two attached hydrogens (primary N) is 1. The molecular weight excluding hydrogens is 208 g/mol. The fraction of sp³-hybridized carbons (Fsp3) is 0.600. The molecule has 2 unspecified atom stereocenters. The van der Waals surface area contributed by atoms with Crippen molar-refractivity contribution in [3.8, 4) is 0 Å². The van der Waals surface area contributed by atoms with Gasteiger partial charge in [0.2, 0.25) is 0 Å². The Morgan fingerprint density at radius 2 is 1.65 bits per heavy atom. The third-order valence-electron chi connectivity index (χ3n) is 3.90. The zero-order chi connectivity index (χ0) is 13.1. The molecule has 0 aromatic heterocycles. The van der Waals surface area contributed by atoms with E-state index in [1.165, 1.54) is 17.5 Å². The molecule has 2 heteroatoms. The molecule has 1 aromatic rings. The molecule has 0 bridgehead atoms. The van der Waals surface area contributed by atoms with Crippen molar-refractivity contribution in [2.45, 2.75) is 51.6 Å². The Labute approximate surface area is 106 Å². The van der Waals surface area contributed by atoms with E-state index >= 15 is 0 Å². The van der Waals surface area contributed by atoms with E-state index in [1.54, 1.807) is 0 Å². The molecule has 0 amide bonds. The highest BCUT2D eigenvalue weighted by Crippen LogP contribution is 2.25. The SMILES string of the molecule is CCC(C)c1ccc(C(N)C(C)(C)NC)cc1. The molecule has 0 heterocycles. The van der Waals surface area contributed by atoms with Crippen molar-refractivity contribution in [1.82, 2.24) is 5.32 Å². The minimum absolute atomic E-state index is 0.0125. The van der Waals surface area contributed by atoms with E-state index in [0.29, 0.717) is 5.92 Å². The van der Waals surface area contributed by atoms with Crippen molar-refractivity contribution in [2.75, 3.05) is 7.05 Å². The van der Waals surface area contributed by atoms with Crippen molar-refractivity contribution >= 4 is 0 Å². The lowest BCUT2D eigenvalue weighted by Gasteiger charge is -2.31. The monoisotopic (exact) mass is 234 g/mol. The molecule has 0 aliphatic heterocycles. The summed E-state index contributed by atoms with van der Waals surface area (Å²) >= 11 is 0. The van der Waals surface area contributed by atoms with Crippen molar-refractivity contribution in [2.24, 2.45) is 5.73 Å². The minimum Gasteiger partial charge on any atom is -0.322 e. The molecule has 17 heavy (non-hydrogen) atoms. The zero-order valence-corrected chi connectivity index (χ0v) is 11.7. The first kappa shape index (κ1) is 14.2. The Morgan fingerprint density at radius 1 is 1.18 bits per heavy atom. The molecule has 0 aliphatic rings. The van der Waals surface area contributed by atoms with Gasteiger partial charge in [-0.05, 0) is 44.4 Å². The van der Waals surface area contributed by atoms with Crippen LogP contribution in [0.2, 0.25) is 0 Å². The average molecular weight is 234 g/mol. The van der Waals surface area contributed by atoms with E-state index in [2.05, 4.69) is 57.3 Å². The molecule has 0 saturated heterocycles. The predicted molar refractivity (Wildman–Crippen MR) is 75.2 cm³/mol. The van der Waals surface area contributed by atoms with Gasteiger partial charge < -0.3 is 11.1 Å². The second-order valence-corrected chi connectivity index (χ2v) is 5.43. The number of benzene rings is 1. The van der Waals surface area contributed by atoms with Crippen LogP contribution in [0.25, 0.3) is 0 Å². The maximum absolute atomic E-state index is 6.28. The van der Waals surface area contributed by atoms with Crippen LogP contribution >= 0.6 is 0 Å². The standard InChI is InChI=1S/C15H26N2/c1-6-11(2)12-7-9-13(10-8-12)14(16)15(3,4)17-5/h7-11,14,17H,6,16H2,1-5H3. The fourth-order valence-electron chi connectivity index (χ4n) is 1.84. The van der Waals surface area contributed by atoms with Gasteiger partial charge in [-0.25, -0.2) is 0 Å². The van der Waals surface area contributed by atoms with Gasteiger partial charge in [0, 0.05) is 11.6 Å².